The summed E-state index contributed by atoms with van der Waals surface area (Å²) in [6.45, 7) is 9.98. The van der Waals surface area contributed by atoms with Gasteiger partial charge in [0, 0.05) is 5.54 Å². The highest BCUT2D eigenvalue weighted by atomic mass is 32.2. The van der Waals surface area contributed by atoms with Gasteiger partial charge in [-0.1, -0.05) is 46.0 Å². The summed E-state index contributed by atoms with van der Waals surface area (Å²) in [7, 11) is -3.12. The van der Waals surface area contributed by atoms with Gasteiger partial charge in [-0.15, -0.1) is 0 Å². The summed E-state index contributed by atoms with van der Waals surface area (Å²) in [6, 6.07) is 0. The summed E-state index contributed by atoms with van der Waals surface area (Å²) in [4.78, 5) is 0. The lowest BCUT2D eigenvalue weighted by molar-refractivity contribution is 0.462. The summed E-state index contributed by atoms with van der Waals surface area (Å²) in [5, 5.41) is 0. The second-order valence-electron chi connectivity index (χ2n) is 6.41. The summed E-state index contributed by atoms with van der Waals surface area (Å²) in [5.41, 5.74) is -0.372. The smallest absolute Gasteiger partial charge is 0.212 e. The third kappa shape index (κ3) is 11.0. The van der Waals surface area contributed by atoms with Crippen molar-refractivity contribution in [2.24, 2.45) is 5.92 Å². The second kappa shape index (κ2) is 8.16. The van der Waals surface area contributed by atoms with Gasteiger partial charge in [0.05, 0.1) is 5.75 Å². The van der Waals surface area contributed by atoms with Crippen LogP contribution < -0.4 is 4.72 Å². The van der Waals surface area contributed by atoms with E-state index in [0.717, 1.165) is 12.8 Å². The van der Waals surface area contributed by atoms with Crippen molar-refractivity contribution in [2.75, 3.05) is 5.75 Å². The zero-order valence-corrected chi connectivity index (χ0v) is 13.6. The van der Waals surface area contributed by atoms with Gasteiger partial charge >= 0.3 is 0 Å². The van der Waals surface area contributed by atoms with Crippen LogP contribution in [-0.4, -0.2) is 19.7 Å². The summed E-state index contributed by atoms with van der Waals surface area (Å²) in [6.07, 6.45) is 6.94. The summed E-state index contributed by atoms with van der Waals surface area (Å²) >= 11 is 0. The van der Waals surface area contributed by atoms with Crippen molar-refractivity contribution in [1.29, 1.82) is 0 Å². The highest BCUT2D eigenvalue weighted by Gasteiger charge is 2.20. The zero-order valence-electron chi connectivity index (χ0n) is 12.8. The maximum absolute atomic E-state index is 11.8. The van der Waals surface area contributed by atoms with E-state index in [0.29, 0.717) is 5.92 Å². The first-order valence-corrected chi connectivity index (χ1v) is 8.83. The minimum atomic E-state index is -3.12. The molecule has 0 spiro atoms. The largest absolute Gasteiger partial charge is 0.212 e. The molecule has 0 aliphatic carbocycles. The summed E-state index contributed by atoms with van der Waals surface area (Å²) in [5.74, 6) is 0.748. The molecule has 1 atom stereocenters. The Morgan fingerprint density at radius 1 is 1.06 bits per heavy atom. The van der Waals surface area contributed by atoms with E-state index < -0.39 is 10.0 Å². The van der Waals surface area contributed by atoms with Crippen LogP contribution in [0.3, 0.4) is 0 Å². The van der Waals surface area contributed by atoms with Gasteiger partial charge in [0.25, 0.3) is 0 Å². The molecule has 3 nitrogen and oxygen atoms in total. The molecule has 110 valence electrons. The van der Waals surface area contributed by atoms with Crippen LogP contribution in [0.15, 0.2) is 0 Å². The molecule has 0 saturated heterocycles. The van der Waals surface area contributed by atoms with E-state index in [2.05, 4.69) is 18.6 Å². The van der Waals surface area contributed by atoms with Gasteiger partial charge in [0.1, 0.15) is 0 Å². The summed E-state index contributed by atoms with van der Waals surface area (Å²) < 4.78 is 26.3. The predicted molar refractivity (Wildman–Crippen MR) is 79.2 cm³/mol. The van der Waals surface area contributed by atoms with Gasteiger partial charge in [-0.05, 0) is 33.1 Å². The second-order valence-corrected chi connectivity index (χ2v) is 8.26. The Morgan fingerprint density at radius 3 is 2.17 bits per heavy atom. The Labute approximate surface area is 114 Å². The van der Waals surface area contributed by atoms with Gasteiger partial charge in [-0.3, -0.25) is 0 Å². The van der Waals surface area contributed by atoms with Crippen molar-refractivity contribution in [2.45, 2.75) is 78.7 Å². The molecule has 0 fully saturated rings. The minimum Gasteiger partial charge on any atom is -0.212 e. The molecule has 4 heteroatoms. The lowest BCUT2D eigenvalue weighted by Gasteiger charge is -2.21. The monoisotopic (exact) mass is 277 g/mol. The van der Waals surface area contributed by atoms with Crippen molar-refractivity contribution >= 4 is 10.0 Å². The first-order chi connectivity index (χ1) is 8.16. The number of unbranched alkanes of at least 4 members (excludes halogenated alkanes) is 3. The van der Waals surface area contributed by atoms with Crippen molar-refractivity contribution in [3.8, 4) is 0 Å². The zero-order chi connectivity index (χ0) is 14.2. The average Bonchev–Trinajstić information content (AvgIpc) is 2.18. The van der Waals surface area contributed by atoms with Crippen LogP contribution in [0.25, 0.3) is 0 Å². The lowest BCUT2D eigenvalue weighted by atomic mass is 10.0. The SMILES string of the molecule is CCCCCCC(C)CCS(=O)(=O)NC(C)(C)C. The quantitative estimate of drug-likeness (QED) is 0.653. The highest BCUT2D eigenvalue weighted by Crippen LogP contribution is 2.15. The third-order valence-electron chi connectivity index (χ3n) is 2.89. The number of hydrogen-bond donors (Lipinski definition) is 1. The van der Waals surface area contributed by atoms with Crippen molar-refractivity contribution < 1.29 is 8.42 Å². The fourth-order valence-electron chi connectivity index (χ4n) is 1.94. The fraction of sp³-hybridized carbons (Fsp3) is 1.00. The maximum Gasteiger partial charge on any atom is 0.212 e. The molecule has 0 rings (SSSR count). The Hall–Kier alpha value is -0.0900. The molecule has 0 aromatic rings. The fourth-order valence-corrected chi connectivity index (χ4v) is 3.69. The first-order valence-electron chi connectivity index (χ1n) is 7.18. The Balaban J connectivity index is 3.87. The molecule has 0 aliphatic heterocycles. The van der Waals surface area contributed by atoms with Crippen LogP contribution in [0.1, 0.15) is 73.1 Å². The Bertz CT molecular complexity index is 304. The predicted octanol–water partition coefficient (Wildman–Crippen LogP) is 3.70. The van der Waals surface area contributed by atoms with Gasteiger partial charge < -0.3 is 0 Å². The van der Waals surface area contributed by atoms with Crippen LogP contribution >= 0.6 is 0 Å². The maximum atomic E-state index is 11.8. The number of sulfonamides is 1. The number of hydrogen-bond acceptors (Lipinski definition) is 2. The van der Waals surface area contributed by atoms with Gasteiger partial charge in [-0.2, -0.15) is 0 Å². The molecule has 0 bridgehead atoms. The minimum absolute atomic E-state index is 0.249. The third-order valence-corrected chi connectivity index (χ3v) is 4.59. The van der Waals surface area contributed by atoms with Gasteiger partial charge in [-0.25, -0.2) is 13.1 Å². The molecule has 0 aromatic heterocycles. The van der Waals surface area contributed by atoms with Crippen molar-refractivity contribution in [3.63, 3.8) is 0 Å². The first kappa shape index (κ1) is 17.9. The molecular weight excluding hydrogens is 246 g/mol. The van der Waals surface area contributed by atoms with Crippen LogP contribution in [0.2, 0.25) is 0 Å². The van der Waals surface area contributed by atoms with Crippen molar-refractivity contribution in [1.82, 2.24) is 4.72 Å². The van der Waals surface area contributed by atoms with Gasteiger partial charge in [0.2, 0.25) is 10.0 Å². The highest BCUT2D eigenvalue weighted by molar-refractivity contribution is 7.89. The normalized spacial score (nSPS) is 14.7. The van der Waals surface area contributed by atoms with E-state index in [-0.39, 0.29) is 11.3 Å². The van der Waals surface area contributed by atoms with Crippen LogP contribution in [0.4, 0.5) is 0 Å². The molecule has 0 heterocycles. The molecule has 1 N–H and O–H groups in total. The molecule has 18 heavy (non-hydrogen) atoms. The van der Waals surface area contributed by atoms with Crippen LogP contribution in [0, 0.1) is 5.92 Å². The molecule has 0 aromatic carbocycles. The lowest BCUT2D eigenvalue weighted by Crippen LogP contribution is -2.41. The van der Waals surface area contributed by atoms with Crippen LogP contribution in [0.5, 0.6) is 0 Å². The molecule has 0 amide bonds. The Kier molecular flexibility index (Phi) is 8.11. The molecule has 0 saturated carbocycles. The van der Waals surface area contributed by atoms with Crippen LogP contribution in [-0.2, 0) is 10.0 Å². The van der Waals surface area contributed by atoms with E-state index in [1.807, 2.05) is 20.8 Å². The standard InChI is InChI=1S/C14H31NO2S/c1-6-7-8-9-10-13(2)11-12-18(16,17)15-14(3,4)5/h13,15H,6-12H2,1-5H3. The topological polar surface area (TPSA) is 46.2 Å². The van der Waals surface area contributed by atoms with E-state index in [4.69, 9.17) is 0 Å². The van der Waals surface area contributed by atoms with E-state index in [1.54, 1.807) is 0 Å². The molecule has 0 radical (unpaired) electrons. The number of rotatable bonds is 9. The Morgan fingerprint density at radius 2 is 1.67 bits per heavy atom. The molecular formula is C14H31NO2S. The molecule has 0 aliphatic rings. The number of nitrogens with one attached hydrogen (secondary N) is 1. The van der Waals surface area contributed by atoms with E-state index >= 15 is 0 Å². The average molecular weight is 277 g/mol. The molecule has 1 unspecified atom stereocenters. The van der Waals surface area contributed by atoms with E-state index in [9.17, 15) is 8.42 Å². The van der Waals surface area contributed by atoms with Crippen molar-refractivity contribution in [3.05, 3.63) is 0 Å². The van der Waals surface area contributed by atoms with E-state index in [1.165, 1.54) is 25.7 Å². The van der Waals surface area contributed by atoms with Gasteiger partial charge in [0.15, 0.2) is 0 Å².